The number of pyridine rings is 1. The second-order valence-corrected chi connectivity index (χ2v) is 4.83. The van der Waals surface area contributed by atoms with Gasteiger partial charge in [-0.1, -0.05) is 0 Å². The van der Waals surface area contributed by atoms with Crippen LogP contribution in [-0.2, 0) is 4.79 Å². The summed E-state index contributed by atoms with van der Waals surface area (Å²) < 4.78 is 38.2. The number of aryl methyl sites for hydroxylation is 1. The van der Waals surface area contributed by atoms with Gasteiger partial charge in [-0.3, -0.25) is 4.79 Å². The lowest BCUT2D eigenvalue weighted by molar-refractivity contribution is -0.184. The summed E-state index contributed by atoms with van der Waals surface area (Å²) in [4.78, 5) is 15.2. The van der Waals surface area contributed by atoms with E-state index in [4.69, 9.17) is 5.73 Å². The minimum atomic E-state index is -4.83. The molecule has 4 nitrogen and oxygen atoms in total. The molecule has 0 aromatic carbocycles. The molecule has 0 aliphatic rings. The van der Waals surface area contributed by atoms with Crippen molar-refractivity contribution in [2.75, 3.05) is 5.32 Å². The molecule has 1 atom stereocenters. The van der Waals surface area contributed by atoms with Gasteiger partial charge in [-0.05, 0) is 41.4 Å². The molecule has 0 saturated carbocycles. The van der Waals surface area contributed by atoms with Gasteiger partial charge in [0.25, 0.3) is 5.91 Å². The molecule has 1 unspecified atom stereocenters. The van der Waals surface area contributed by atoms with Crippen molar-refractivity contribution in [3.8, 4) is 0 Å². The lowest BCUT2D eigenvalue weighted by Crippen LogP contribution is -2.59. The number of halogens is 4. The molecule has 1 rings (SSSR count). The fourth-order valence-corrected chi connectivity index (χ4v) is 1.20. The van der Waals surface area contributed by atoms with Gasteiger partial charge in [0.1, 0.15) is 5.82 Å². The van der Waals surface area contributed by atoms with Crippen molar-refractivity contribution in [3.05, 3.63) is 22.3 Å². The predicted molar refractivity (Wildman–Crippen MR) is 64.0 cm³/mol. The molecule has 1 heterocycles. The molecule has 0 saturated heterocycles. The maximum absolute atomic E-state index is 12.5. The molecule has 0 fully saturated rings. The number of hydrogen-bond donors (Lipinski definition) is 2. The van der Waals surface area contributed by atoms with Crippen molar-refractivity contribution < 1.29 is 18.0 Å². The minimum Gasteiger partial charge on any atom is -0.310 e. The summed E-state index contributed by atoms with van der Waals surface area (Å²) in [6.07, 6.45) is -3.45. The highest BCUT2D eigenvalue weighted by molar-refractivity contribution is 9.10. The van der Waals surface area contributed by atoms with Crippen LogP contribution in [0.3, 0.4) is 0 Å². The zero-order chi connectivity index (χ0) is 14.1. The Morgan fingerprint density at radius 2 is 2.06 bits per heavy atom. The van der Waals surface area contributed by atoms with Crippen molar-refractivity contribution in [3.63, 3.8) is 0 Å². The monoisotopic (exact) mass is 325 g/mol. The Kier molecular flexibility index (Phi) is 4.02. The molecule has 100 valence electrons. The van der Waals surface area contributed by atoms with Gasteiger partial charge in [0, 0.05) is 10.7 Å². The number of nitrogens with one attached hydrogen (secondary N) is 1. The molecule has 0 spiro atoms. The summed E-state index contributed by atoms with van der Waals surface area (Å²) in [6.45, 7) is 2.32. The van der Waals surface area contributed by atoms with Gasteiger partial charge in [0.2, 0.25) is 0 Å². The van der Waals surface area contributed by atoms with Crippen molar-refractivity contribution in [1.29, 1.82) is 0 Å². The fraction of sp³-hybridized carbons (Fsp3) is 0.400. The van der Waals surface area contributed by atoms with E-state index >= 15 is 0 Å². The Morgan fingerprint density at radius 1 is 1.50 bits per heavy atom. The molecule has 0 aliphatic carbocycles. The van der Waals surface area contributed by atoms with Gasteiger partial charge in [-0.2, -0.15) is 13.2 Å². The number of carbonyl (C=O) groups is 1. The summed E-state index contributed by atoms with van der Waals surface area (Å²) in [5.74, 6) is -1.34. The van der Waals surface area contributed by atoms with E-state index in [0.717, 1.165) is 5.56 Å². The molecule has 1 aromatic rings. The van der Waals surface area contributed by atoms with Crippen molar-refractivity contribution in [1.82, 2.24) is 4.98 Å². The van der Waals surface area contributed by atoms with E-state index in [0.29, 0.717) is 11.4 Å². The number of rotatable bonds is 2. The molecule has 0 radical (unpaired) electrons. The lowest BCUT2D eigenvalue weighted by atomic mass is 10.0. The van der Waals surface area contributed by atoms with E-state index in [-0.39, 0.29) is 5.82 Å². The van der Waals surface area contributed by atoms with E-state index in [1.165, 1.54) is 12.3 Å². The number of hydrogen-bond acceptors (Lipinski definition) is 3. The third kappa shape index (κ3) is 2.99. The standard InChI is InChI=1S/C10H11BrF3N3O/c1-5-3-7(16-4-6(5)11)17-8(18)9(2,15)10(12,13)14/h3-4H,15H2,1-2H3,(H,16,17,18). The zero-order valence-electron chi connectivity index (χ0n) is 9.60. The van der Waals surface area contributed by atoms with Crippen LogP contribution in [0.1, 0.15) is 12.5 Å². The average molecular weight is 326 g/mol. The van der Waals surface area contributed by atoms with Crippen LogP contribution in [0.15, 0.2) is 16.7 Å². The fourth-order valence-electron chi connectivity index (χ4n) is 0.983. The lowest BCUT2D eigenvalue weighted by Gasteiger charge is -2.25. The van der Waals surface area contributed by atoms with Crippen molar-refractivity contribution in [2.24, 2.45) is 5.73 Å². The second-order valence-electron chi connectivity index (χ2n) is 3.97. The van der Waals surface area contributed by atoms with E-state index in [9.17, 15) is 18.0 Å². The highest BCUT2D eigenvalue weighted by atomic mass is 79.9. The highest BCUT2D eigenvalue weighted by Crippen LogP contribution is 2.29. The largest absolute Gasteiger partial charge is 0.415 e. The molecule has 0 bridgehead atoms. The number of carbonyl (C=O) groups excluding carboxylic acids is 1. The Balaban J connectivity index is 2.91. The van der Waals surface area contributed by atoms with Gasteiger partial charge < -0.3 is 11.1 Å². The third-order valence-electron chi connectivity index (χ3n) is 2.35. The first-order valence-electron chi connectivity index (χ1n) is 4.85. The Hall–Kier alpha value is -1.15. The normalized spacial score (nSPS) is 15.1. The number of aromatic nitrogens is 1. The SMILES string of the molecule is Cc1cc(NC(=O)C(C)(N)C(F)(F)F)ncc1Br. The maximum Gasteiger partial charge on any atom is 0.415 e. The van der Waals surface area contributed by atoms with Gasteiger partial charge in [-0.25, -0.2) is 4.98 Å². The summed E-state index contributed by atoms with van der Waals surface area (Å²) in [7, 11) is 0. The third-order valence-corrected chi connectivity index (χ3v) is 3.18. The molecule has 1 aromatic heterocycles. The van der Waals surface area contributed by atoms with E-state index in [2.05, 4.69) is 20.9 Å². The Bertz CT molecular complexity index is 474. The number of nitrogens with two attached hydrogens (primary N) is 1. The summed E-state index contributed by atoms with van der Waals surface area (Å²) in [5.41, 5.74) is 2.74. The molecule has 18 heavy (non-hydrogen) atoms. The maximum atomic E-state index is 12.5. The molecule has 8 heteroatoms. The first kappa shape index (κ1) is 14.9. The number of anilines is 1. The van der Waals surface area contributed by atoms with Crippen LogP contribution < -0.4 is 11.1 Å². The van der Waals surface area contributed by atoms with E-state index < -0.39 is 17.6 Å². The second kappa shape index (κ2) is 4.85. The molecule has 0 aliphatic heterocycles. The molecular weight excluding hydrogens is 315 g/mol. The van der Waals surface area contributed by atoms with Gasteiger partial charge in [-0.15, -0.1) is 0 Å². The number of alkyl halides is 3. The smallest absolute Gasteiger partial charge is 0.310 e. The van der Waals surface area contributed by atoms with Gasteiger partial charge in [0.05, 0.1) is 0 Å². The highest BCUT2D eigenvalue weighted by Gasteiger charge is 2.54. The summed E-state index contributed by atoms with van der Waals surface area (Å²) >= 11 is 3.19. The van der Waals surface area contributed by atoms with Crippen LogP contribution in [0.5, 0.6) is 0 Å². The molecule has 1 amide bonds. The van der Waals surface area contributed by atoms with Gasteiger partial charge in [0.15, 0.2) is 5.54 Å². The van der Waals surface area contributed by atoms with Crippen LogP contribution in [0.25, 0.3) is 0 Å². The van der Waals surface area contributed by atoms with Gasteiger partial charge >= 0.3 is 6.18 Å². The zero-order valence-corrected chi connectivity index (χ0v) is 11.2. The molecule has 3 N–H and O–H groups in total. The molecular formula is C10H11BrF3N3O. The average Bonchev–Trinajstić information content (AvgIpc) is 2.21. The van der Waals surface area contributed by atoms with Crippen LogP contribution in [-0.4, -0.2) is 22.6 Å². The van der Waals surface area contributed by atoms with E-state index in [1.807, 2.05) is 5.32 Å². The quantitative estimate of drug-likeness (QED) is 0.877. The Labute approximate surface area is 110 Å². The minimum absolute atomic E-state index is 0.0154. The summed E-state index contributed by atoms with van der Waals surface area (Å²) in [6, 6.07) is 1.44. The van der Waals surface area contributed by atoms with E-state index in [1.54, 1.807) is 6.92 Å². The van der Waals surface area contributed by atoms with Crippen molar-refractivity contribution >= 4 is 27.7 Å². The summed E-state index contributed by atoms with van der Waals surface area (Å²) in [5, 5.41) is 2.04. The predicted octanol–water partition coefficient (Wildman–Crippen LogP) is 2.37. The first-order chi connectivity index (χ1) is 8.05. The van der Waals surface area contributed by atoms with Crippen LogP contribution in [0.4, 0.5) is 19.0 Å². The van der Waals surface area contributed by atoms with Crippen LogP contribution in [0, 0.1) is 6.92 Å². The number of nitrogens with zero attached hydrogens (tertiary/aromatic N) is 1. The first-order valence-corrected chi connectivity index (χ1v) is 5.64. The topological polar surface area (TPSA) is 68.0 Å². The van der Waals surface area contributed by atoms with Crippen LogP contribution >= 0.6 is 15.9 Å². The Morgan fingerprint density at radius 3 is 2.50 bits per heavy atom. The number of amides is 1. The van der Waals surface area contributed by atoms with Crippen LogP contribution in [0.2, 0.25) is 0 Å². The van der Waals surface area contributed by atoms with Crippen molar-refractivity contribution in [2.45, 2.75) is 25.6 Å².